The fourth-order valence-corrected chi connectivity index (χ4v) is 2.18. The minimum Gasteiger partial charge on any atom is -0.469 e. The molecule has 0 saturated heterocycles. The van der Waals surface area contributed by atoms with Gasteiger partial charge >= 0.3 is 5.97 Å². The molecule has 1 rings (SSSR count). The summed E-state index contributed by atoms with van der Waals surface area (Å²) >= 11 is 0. The predicted octanol–water partition coefficient (Wildman–Crippen LogP) is 1.85. The first-order valence-electron chi connectivity index (χ1n) is 5.56. The topological polar surface area (TPSA) is 52.3 Å². The van der Waals surface area contributed by atoms with Crippen LogP contribution in [0.5, 0.6) is 0 Å². The summed E-state index contributed by atoms with van der Waals surface area (Å²) in [7, 11) is 1.44. The Morgan fingerprint density at radius 2 is 2.07 bits per heavy atom. The number of nitrogens with two attached hydrogens (primary N) is 1. The van der Waals surface area contributed by atoms with Gasteiger partial charge in [0.1, 0.15) is 0 Å². The van der Waals surface area contributed by atoms with E-state index < -0.39 is 0 Å². The number of rotatable bonds is 3. The minimum atomic E-state index is -0.110. The van der Waals surface area contributed by atoms with Crippen LogP contribution in [0, 0.1) is 5.92 Å². The van der Waals surface area contributed by atoms with E-state index in [1.807, 2.05) is 0 Å². The lowest BCUT2D eigenvalue weighted by molar-refractivity contribution is -0.141. The summed E-state index contributed by atoms with van der Waals surface area (Å²) < 4.78 is 4.63. The smallest absolute Gasteiger partial charge is 0.305 e. The Morgan fingerprint density at radius 1 is 1.36 bits per heavy atom. The molecule has 0 radical (unpaired) electrons. The van der Waals surface area contributed by atoms with Crippen LogP contribution in [0.1, 0.15) is 44.9 Å². The van der Waals surface area contributed by atoms with Crippen molar-refractivity contribution < 1.29 is 9.53 Å². The summed E-state index contributed by atoms with van der Waals surface area (Å²) in [5.74, 6) is 0.415. The van der Waals surface area contributed by atoms with Gasteiger partial charge in [0.05, 0.1) is 7.11 Å². The quantitative estimate of drug-likeness (QED) is 0.557. The number of methoxy groups -OCH3 is 1. The average Bonchev–Trinajstić information content (AvgIpc) is 2.39. The second-order valence-electron chi connectivity index (χ2n) is 4.18. The molecule has 3 heteroatoms. The van der Waals surface area contributed by atoms with Gasteiger partial charge in [-0.25, -0.2) is 0 Å². The highest BCUT2D eigenvalue weighted by Gasteiger charge is 2.20. The molecule has 0 aromatic rings. The van der Waals surface area contributed by atoms with E-state index in [4.69, 9.17) is 5.73 Å². The molecule has 82 valence electrons. The minimum absolute atomic E-state index is 0.110. The van der Waals surface area contributed by atoms with Gasteiger partial charge in [-0.05, 0) is 25.2 Å². The molecule has 2 atom stereocenters. The number of hydrogen-bond donors (Lipinski definition) is 1. The van der Waals surface area contributed by atoms with Crippen LogP contribution in [0.3, 0.4) is 0 Å². The number of ether oxygens (including phenoxy) is 1. The third kappa shape index (κ3) is 3.66. The predicted molar refractivity (Wildman–Crippen MR) is 55.8 cm³/mol. The SMILES string of the molecule is COC(=O)CC[C@H]1CCCCC[C@@H]1N. The molecule has 1 saturated carbocycles. The second kappa shape index (κ2) is 6.02. The van der Waals surface area contributed by atoms with Crippen molar-refractivity contribution in [3.05, 3.63) is 0 Å². The molecule has 14 heavy (non-hydrogen) atoms. The average molecular weight is 199 g/mol. The van der Waals surface area contributed by atoms with Crippen molar-refractivity contribution in [1.82, 2.24) is 0 Å². The van der Waals surface area contributed by atoms with E-state index in [0.717, 1.165) is 12.8 Å². The van der Waals surface area contributed by atoms with Gasteiger partial charge in [-0.1, -0.05) is 19.3 Å². The zero-order valence-electron chi connectivity index (χ0n) is 9.00. The third-order valence-corrected chi connectivity index (χ3v) is 3.16. The van der Waals surface area contributed by atoms with E-state index in [1.165, 1.54) is 32.8 Å². The van der Waals surface area contributed by atoms with Crippen LogP contribution in [0.15, 0.2) is 0 Å². The summed E-state index contributed by atoms with van der Waals surface area (Å²) in [6.07, 6.45) is 7.52. The standard InChI is InChI=1S/C11H21NO2/c1-14-11(13)8-7-9-5-3-2-4-6-10(9)12/h9-10H,2-8,12H2,1H3/t9-,10+/m1/s1. The normalized spacial score (nSPS) is 28.1. The Morgan fingerprint density at radius 3 is 2.79 bits per heavy atom. The summed E-state index contributed by atoms with van der Waals surface area (Å²) in [6.45, 7) is 0. The molecule has 0 unspecified atom stereocenters. The van der Waals surface area contributed by atoms with Crippen molar-refractivity contribution in [2.45, 2.75) is 51.0 Å². The van der Waals surface area contributed by atoms with Gasteiger partial charge in [0, 0.05) is 12.5 Å². The second-order valence-corrected chi connectivity index (χ2v) is 4.18. The Hall–Kier alpha value is -0.570. The number of carbonyl (C=O) groups is 1. The zero-order chi connectivity index (χ0) is 10.4. The molecule has 1 fully saturated rings. The zero-order valence-corrected chi connectivity index (χ0v) is 9.00. The molecule has 3 nitrogen and oxygen atoms in total. The van der Waals surface area contributed by atoms with E-state index >= 15 is 0 Å². The van der Waals surface area contributed by atoms with Crippen molar-refractivity contribution in [2.24, 2.45) is 11.7 Å². The van der Waals surface area contributed by atoms with E-state index in [1.54, 1.807) is 0 Å². The van der Waals surface area contributed by atoms with Crippen LogP contribution in [-0.2, 0) is 9.53 Å². The van der Waals surface area contributed by atoms with Crippen LogP contribution < -0.4 is 5.73 Å². The van der Waals surface area contributed by atoms with Crippen LogP contribution in [0.4, 0.5) is 0 Å². The molecule has 0 bridgehead atoms. The fraction of sp³-hybridized carbons (Fsp3) is 0.909. The van der Waals surface area contributed by atoms with Crippen LogP contribution in [0.25, 0.3) is 0 Å². The van der Waals surface area contributed by atoms with E-state index in [-0.39, 0.29) is 5.97 Å². The lowest BCUT2D eigenvalue weighted by Gasteiger charge is -2.20. The highest BCUT2D eigenvalue weighted by molar-refractivity contribution is 5.69. The molecule has 0 spiro atoms. The van der Waals surface area contributed by atoms with E-state index in [9.17, 15) is 4.79 Å². The molecule has 2 N–H and O–H groups in total. The van der Waals surface area contributed by atoms with Gasteiger partial charge < -0.3 is 10.5 Å². The van der Waals surface area contributed by atoms with Gasteiger partial charge in [-0.2, -0.15) is 0 Å². The maximum atomic E-state index is 11.0. The Labute approximate surface area is 86.0 Å². The molecular weight excluding hydrogens is 178 g/mol. The van der Waals surface area contributed by atoms with E-state index in [0.29, 0.717) is 18.4 Å². The molecule has 0 heterocycles. The lowest BCUT2D eigenvalue weighted by Crippen LogP contribution is -2.29. The lowest BCUT2D eigenvalue weighted by atomic mass is 9.91. The van der Waals surface area contributed by atoms with Crippen molar-refractivity contribution in [3.63, 3.8) is 0 Å². The molecule has 0 aromatic carbocycles. The fourth-order valence-electron chi connectivity index (χ4n) is 2.18. The first kappa shape index (κ1) is 11.5. The summed E-state index contributed by atoms with van der Waals surface area (Å²) in [5.41, 5.74) is 6.05. The van der Waals surface area contributed by atoms with Crippen molar-refractivity contribution in [3.8, 4) is 0 Å². The third-order valence-electron chi connectivity index (χ3n) is 3.16. The first-order chi connectivity index (χ1) is 6.74. The maximum Gasteiger partial charge on any atom is 0.305 e. The Kier molecular flexibility index (Phi) is 4.94. The van der Waals surface area contributed by atoms with Gasteiger partial charge in [0.25, 0.3) is 0 Å². The Bertz CT molecular complexity index is 182. The van der Waals surface area contributed by atoms with Crippen LogP contribution in [-0.4, -0.2) is 19.1 Å². The van der Waals surface area contributed by atoms with Crippen molar-refractivity contribution in [2.75, 3.05) is 7.11 Å². The molecule has 1 aliphatic rings. The molecule has 0 amide bonds. The maximum absolute atomic E-state index is 11.0. The number of hydrogen-bond acceptors (Lipinski definition) is 3. The first-order valence-corrected chi connectivity index (χ1v) is 5.56. The molecular formula is C11H21NO2. The number of carbonyl (C=O) groups excluding carboxylic acids is 1. The van der Waals surface area contributed by atoms with Gasteiger partial charge in [-0.15, -0.1) is 0 Å². The largest absolute Gasteiger partial charge is 0.469 e. The molecule has 1 aliphatic carbocycles. The van der Waals surface area contributed by atoms with Gasteiger partial charge in [0.2, 0.25) is 0 Å². The van der Waals surface area contributed by atoms with Gasteiger partial charge in [-0.3, -0.25) is 4.79 Å². The summed E-state index contributed by atoms with van der Waals surface area (Å²) in [5, 5.41) is 0. The summed E-state index contributed by atoms with van der Waals surface area (Å²) in [6, 6.07) is 0.294. The highest BCUT2D eigenvalue weighted by atomic mass is 16.5. The molecule has 0 aromatic heterocycles. The Balaban J connectivity index is 2.29. The monoisotopic (exact) mass is 199 g/mol. The molecule has 0 aliphatic heterocycles. The van der Waals surface area contributed by atoms with Crippen LogP contribution in [0.2, 0.25) is 0 Å². The van der Waals surface area contributed by atoms with Crippen LogP contribution >= 0.6 is 0 Å². The highest BCUT2D eigenvalue weighted by Crippen LogP contribution is 2.25. The van der Waals surface area contributed by atoms with E-state index in [2.05, 4.69) is 4.74 Å². The van der Waals surface area contributed by atoms with Gasteiger partial charge in [0.15, 0.2) is 0 Å². The van der Waals surface area contributed by atoms with Crippen molar-refractivity contribution >= 4 is 5.97 Å². The summed E-state index contributed by atoms with van der Waals surface area (Å²) in [4.78, 5) is 11.0. The van der Waals surface area contributed by atoms with Crippen molar-refractivity contribution in [1.29, 1.82) is 0 Å². The number of esters is 1.